The summed E-state index contributed by atoms with van der Waals surface area (Å²) in [6.07, 6.45) is 0. The number of para-hydroxylation sites is 1. The summed E-state index contributed by atoms with van der Waals surface area (Å²) in [7, 11) is 0. The van der Waals surface area contributed by atoms with Crippen LogP contribution in [0.2, 0.25) is 0 Å². The third-order valence-corrected chi connectivity index (χ3v) is 4.02. The number of nitro groups is 1. The molecular weight excluding hydrogens is 322 g/mol. The molecule has 0 unspecified atom stereocenters. The monoisotopic (exact) mass is 331 g/mol. The lowest BCUT2D eigenvalue weighted by Crippen LogP contribution is -2.13. The number of carbonyl (C=O) groups is 1. The molecule has 0 saturated heterocycles. The molecule has 11 heteroatoms. The van der Waals surface area contributed by atoms with Gasteiger partial charge in [-0.15, -0.1) is 5.10 Å². The summed E-state index contributed by atoms with van der Waals surface area (Å²) in [5.41, 5.74) is 0.898. The van der Waals surface area contributed by atoms with Gasteiger partial charge in [-0.2, -0.15) is 0 Å². The van der Waals surface area contributed by atoms with Gasteiger partial charge in [0.2, 0.25) is 5.82 Å². The molecule has 0 aliphatic rings. The molecule has 0 aliphatic heterocycles. The van der Waals surface area contributed by atoms with E-state index in [1.54, 1.807) is 25.1 Å². The van der Waals surface area contributed by atoms with E-state index < -0.39 is 10.8 Å². The van der Waals surface area contributed by atoms with Gasteiger partial charge < -0.3 is 5.32 Å². The van der Waals surface area contributed by atoms with Crippen LogP contribution >= 0.6 is 11.3 Å². The highest BCUT2D eigenvalue weighted by atomic mass is 32.1. The molecule has 2 aromatic heterocycles. The van der Waals surface area contributed by atoms with Crippen molar-refractivity contribution >= 4 is 27.9 Å². The van der Waals surface area contributed by atoms with E-state index in [0.29, 0.717) is 21.3 Å². The van der Waals surface area contributed by atoms with Crippen molar-refractivity contribution in [1.82, 2.24) is 25.6 Å². The van der Waals surface area contributed by atoms with Gasteiger partial charge in [-0.05, 0) is 23.4 Å². The Labute approximate surface area is 132 Å². The number of aromatic amines is 1. The topological polar surface area (TPSA) is 140 Å². The number of benzene rings is 1. The summed E-state index contributed by atoms with van der Waals surface area (Å²) in [5, 5.41) is 27.2. The normalized spacial score (nSPS) is 10.5. The predicted octanol–water partition coefficient (Wildman–Crippen LogP) is 1.79. The first-order valence-corrected chi connectivity index (χ1v) is 7.14. The number of nitro benzene ring substituents is 1. The van der Waals surface area contributed by atoms with Crippen molar-refractivity contribution < 1.29 is 9.72 Å². The van der Waals surface area contributed by atoms with Gasteiger partial charge in [0, 0.05) is 6.07 Å². The van der Waals surface area contributed by atoms with E-state index >= 15 is 0 Å². The number of H-pyrrole nitrogens is 1. The van der Waals surface area contributed by atoms with Crippen molar-refractivity contribution in [2.24, 2.45) is 0 Å². The van der Waals surface area contributed by atoms with E-state index in [9.17, 15) is 14.9 Å². The number of rotatable bonds is 4. The summed E-state index contributed by atoms with van der Waals surface area (Å²) >= 11 is 1.14. The lowest BCUT2D eigenvalue weighted by Gasteiger charge is -1.99. The Hall–Kier alpha value is -3.21. The molecule has 2 heterocycles. The Morgan fingerprint density at radius 2 is 2.17 bits per heavy atom. The molecule has 0 atom stereocenters. The van der Waals surface area contributed by atoms with Gasteiger partial charge in [-0.25, -0.2) is 10.1 Å². The van der Waals surface area contributed by atoms with Gasteiger partial charge in [-0.3, -0.25) is 14.9 Å². The number of anilines is 1. The van der Waals surface area contributed by atoms with Crippen LogP contribution in [-0.2, 0) is 0 Å². The highest BCUT2D eigenvalue weighted by molar-refractivity contribution is 7.19. The van der Waals surface area contributed by atoms with Crippen molar-refractivity contribution in [3.63, 3.8) is 0 Å². The molecular formula is C12H9N7O3S. The molecule has 0 fully saturated rings. The van der Waals surface area contributed by atoms with Crippen LogP contribution in [0.15, 0.2) is 24.3 Å². The first kappa shape index (κ1) is 14.7. The zero-order chi connectivity index (χ0) is 16.4. The highest BCUT2D eigenvalue weighted by Crippen LogP contribution is 2.36. The van der Waals surface area contributed by atoms with Gasteiger partial charge in [0.05, 0.1) is 16.2 Å². The van der Waals surface area contributed by atoms with E-state index in [-0.39, 0.29) is 11.5 Å². The number of aromatic nitrogens is 5. The van der Waals surface area contributed by atoms with Crippen LogP contribution in [0.4, 0.5) is 10.7 Å². The van der Waals surface area contributed by atoms with Crippen molar-refractivity contribution in [3.8, 4) is 10.6 Å². The third-order valence-electron chi connectivity index (χ3n) is 2.92. The third kappa shape index (κ3) is 2.89. The molecule has 10 nitrogen and oxygen atoms in total. The van der Waals surface area contributed by atoms with Crippen molar-refractivity contribution in [2.75, 3.05) is 5.32 Å². The molecule has 0 aliphatic carbocycles. The number of tetrazole rings is 1. The van der Waals surface area contributed by atoms with E-state index in [4.69, 9.17) is 0 Å². The fourth-order valence-corrected chi connectivity index (χ4v) is 2.85. The zero-order valence-electron chi connectivity index (χ0n) is 11.7. The largest absolute Gasteiger partial charge is 0.309 e. The quantitative estimate of drug-likeness (QED) is 0.548. The molecule has 0 saturated carbocycles. The van der Waals surface area contributed by atoms with Gasteiger partial charge in [0.1, 0.15) is 10.0 Å². The first-order chi connectivity index (χ1) is 11.1. The number of thiazole rings is 1. The Bertz CT molecular complexity index is 875. The van der Waals surface area contributed by atoms with E-state index in [1.807, 2.05) is 0 Å². The minimum absolute atomic E-state index is 0.0370. The Morgan fingerprint density at radius 3 is 2.87 bits per heavy atom. The van der Waals surface area contributed by atoms with E-state index in [1.165, 1.54) is 6.07 Å². The fourth-order valence-electron chi connectivity index (χ4n) is 1.86. The lowest BCUT2D eigenvalue weighted by molar-refractivity contribution is -0.384. The Morgan fingerprint density at radius 1 is 1.39 bits per heavy atom. The second kappa shape index (κ2) is 5.88. The number of hydrogen-bond donors (Lipinski definition) is 2. The number of nitrogens with one attached hydrogen (secondary N) is 2. The maximum atomic E-state index is 11.9. The first-order valence-electron chi connectivity index (χ1n) is 6.32. The molecule has 0 bridgehead atoms. The molecule has 3 rings (SSSR count). The minimum atomic E-state index is -0.518. The molecule has 0 spiro atoms. The summed E-state index contributed by atoms with van der Waals surface area (Å²) in [5.74, 6) is -0.555. The van der Waals surface area contributed by atoms with Crippen LogP contribution in [0, 0.1) is 17.0 Å². The average molecular weight is 331 g/mol. The summed E-state index contributed by atoms with van der Waals surface area (Å²) in [4.78, 5) is 26.9. The SMILES string of the molecule is Cc1nc(-c2ccccc2[N+](=O)[O-])sc1NC(=O)c1nnn[nH]1. The summed E-state index contributed by atoms with van der Waals surface area (Å²) < 4.78 is 0. The maximum absolute atomic E-state index is 11.9. The Kier molecular flexibility index (Phi) is 3.76. The second-order valence-electron chi connectivity index (χ2n) is 4.41. The molecule has 116 valence electrons. The Balaban J connectivity index is 1.93. The fraction of sp³-hybridized carbons (Fsp3) is 0.0833. The number of aryl methyl sites for hydroxylation is 1. The molecule has 1 aromatic carbocycles. The number of hydrogen-bond acceptors (Lipinski definition) is 8. The van der Waals surface area contributed by atoms with E-state index in [0.717, 1.165) is 11.3 Å². The van der Waals surface area contributed by atoms with Crippen LogP contribution in [0.25, 0.3) is 10.6 Å². The van der Waals surface area contributed by atoms with Gasteiger partial charge >= 0.3 is 0 Å². The van der Waals surface area contributed by atoms with Crippen LogP contribution < -0.4 is 5.32 Å². The van der Waals surface area contributed by atoms with Gasteiger partial charge in [-0.1, -0.05) is 23.5 Å². The van der Waals surface area contributed by atoms with Gasteiger partial charge in [0.15, 0.2) is 0 Å². The van der Waals surface area contributed by atoms with Crippen molar-refractivity contribution in [3.05, 3.63) is 45.9 Å². The lowest BCUT2D eigenvalue weighted by atomic mass is 10.2. The minimum Gasteiger partial charge on any atom is -0.309 e. The summed E-state index contributed by atoms with van der Waals surface area (Å²) in [6, 6.07) is 6.30. The maximum Gasteiger partial charge on any atom is 0.295 e. The zero-order valence-corrected chi connectivity index (χ0v) is 12.5. The van der Waals surface area contributed by atoms with Crippen molar-refractivity contribution in [2.45, 2.75) is 6.92 Å². The van der Waals surface area contributed by atoms with E-state index in [2.05, 4.69) is 30.9 Å². The highest BCUT2D eigenvalue weighted by Gasteiger charge is 2.20. The summed E-state index contributed by atoms with van der Waals surface area (Å²) in [6.45, 7) is 1.70. The molecule has 1 amide bonds. The second-order valence-corrected chi connectivity index (χ2v) is 5.41. The van der Waals surface area contributed by atoms with Crippen LogP contribution in [0.5, 0.6) is 0 Å². The average Bonchev–Trinajstić information content (AvgIpc) is 3.18. The molecule has 2 N–H and O–H groups in total. The molecule has 0 radical (unpaired) electrons. The standard InChI is InChI=1S/C12H9N7O3S/c1-6-11(14-10(20)9-15-17-18-16-9)23-12(13-6)7-4-2-3-5-8(7)19(21)22/h2-5H,1H3,(H,14,20)(H,15,16,17,18). The smallest absolute Gasteiger partial charge is 0.295 e. The molecule has 23 heavy (non-hydrogen) atoms. The predicted molar refractivity (Wildman–Crippen MR) is 81.1 cm³/mol. The number of carbonyl (C=O) groups excluding carboxylic acids is 1. The van der Waals surface area contributed by atoms with Crippen LogP contribution in [0.3, 0.4) is 0 Å². The van der Waals surface area contributed by atoms with Crippen LogP contribution in [0.1, 0.15) is 16.3 Å². The van der Waals surface area contributed by atoms with Crippen LogP contribution in [-0.4, -0.2) is 36.4 Å². The number of amides is 1. The molecule has 3 aromatic rings. The van der Waals surface area contributed by atoms with Crippen molar-refractivity contribution in [1.29, 1.82) is 0 Å². The number of nitrogens with zero attached hydrogens (tertiary/aromatic N) is 5. The van der Waals surface area contributed by atoms with Gasteiger partial charge in [0.25, 0.3) is 11.6 Å².